The van der Waals surface area contributed by atoms with Crippen molar-refractivity contribution in [1.29, 1.82) is 0 Å². The molecule has 2 aromatic rings. The first-order valence-electron chi connectivity index (χ1n) is 6.45. The van der Waals surface area contributed by atoms with Crippen LogP contribution in [-0.4, -0.2) is 31.8 Å². The number of nitrogens with one attached hydrogen (secondary N) is 1. The average Bonchev–Trinajstić information content (AvgIpc) is 2.98. The summed E-state index contributed by atoms with van der Waals surface area (Å²) in [6.45, 7) is 4.88. The van der Waals surface area contributed by atoms with Gasteiger partial charge in [0.2, 0.25) is 0 Å². The van der Waals surface area contributed by atoms with Crippen molar-refractivity contribution in [2.75, 3.05) is 14.1 Å². The lowest BCUT2D eigenvalue weighted by Crippen LogP contribution is -2.25. The smallest absolute Gasteiger partial charge is 0.252 e. The molecule has 2 heterocycles. The molecule has 0 aliphatic rings. The summed E-state index contributed by atoms with van der Waals surface area (Å²) in [5, 5.41) is 3.06. The van der Waals surface area contributed by atoms with Crippen LogP contribution in [0, 0.1) is 13.8 Å². The van der Waals surface area contributed by atoms with E-state index in [2.05, 4.69) is 10.3 Å². The van der Waals surface area contributed by atoms with E-state index in [0.717, 1.165) is 21.0 Å². The van der Waals surface area contributed by atoms with Crippen molar-refractivity contribution in [3.05, 3.63) is 32.6 Å². The number of hydrogen-bond acceptors (Lipinski definition) is 6. The maximum atomic E-state index is 12.6. The van der Waals surface area contributed by atoms with E-state index < -0.39 is 10.0 Å². The molecule has 0 aliphatic carbocycles. The Hall–Kier alpha value is -0.800. The molecule has 0 unspecified atom stereocenters. The molecule has 2 aromatic heterocycles. The highest BCUT2D eigenvalue weighted by molar-refractivity contribution is 7.91. The molecular formula is C13H19N3O2S3. The van der Waals surface area contributed by atoms with Gasteiger partial charge in [0.15, 0.2) is 0 Å². The lowest BCUT2D eigenvalue weighted by molar-refractivity contribution is 0.470. The summed E-state index contributed by atoms with van der Waals surface area (Å²) in [6.07, 6.45) is 0. The van der Waals surface area contributed by atoms with Crippen LogP contribution in [0.4, 0.5) is 0 Å². The second-order valence-corrected chi connectivity index (χ2v) is 9.17. The molecule has 1 N–H and O–H groups in total. The van der Waals surface area contributed by atoms with Crippen LogP contribution in [0.25, 0.3) is 0 Å². The number of aryl methyl sites for hydroxylation is 2. The largest absolute Gasteiger partial charge is 0.315 e. The molecule has 0 atom stereocenters. The minimum absolute atomic E-state index is 0.358. The van der Waals surface area contributed by atoms with Gasteiger partial charge < -0.3 is 5.32 Å². The first kappa shape index (κ1) is 16.6. The predicted octanol–water partition coefficient (Wildman–Crippen LogP) is 2.36. The minimum atomic E-state index is -3.45. The molecule has 0 fully saturated rings. The molecule has 5 nitrogen and oxygen atoms in total. The molecule has 0 saturated heterocycles. The summed E-state index contributed by atoms with van der Waals surface area (Å²) in [6, 6.07) is 1.75. The van der Waals surface area contributed by atoms with E-state index in [1.165, 1.54) is 27.0 Å². The third kappa shape index (κ3) is 3.51. The normalized spacial score (nSPS) is 12.2. The predicted molar refractivity (Wildman–Crippen MR) is 87.3 cm³/mol. The van der Waals surface area contributed by atoms with Gasteiger partial charge in [0.1, 0.15) is 4.21 Å². The summed E-state index contributed by atoms with van der Waals surface area (Å²) in [5.41, 5.74) is 3.64. The van der Waals surface area contributed by atoms with E-state index in [1.54, 1.807) is 18.6 Å². The zero-order valence-corrected chi connectivity index (χ0v) is 15.0. The number of rotatable bonds is 6. The van der Waals surface area contributed by atoms with E-state index in [-0.39, 0.29) is 0 Å². The highest BCUT2D eigenvalue weighted by atomic mass is 32.2. The first-order valence-corrected chi connectivity index (χ1v) is 9.59. The van der Waals surface area contributed by atoms with Crippen LogP contribution in [0.15, 0.2) is 15.8 Å². The van der Waals surface area contributed by atoms with Gasteiger partial charge in [-0.25, -0.2) is 13.4 Å². The van der Waals surface area contributed by atoms with Gasteiger partial charge in [-0.3, -0.25) is 0 Å². The Bertz CT molecular complexity index is 719. The molecule has 0 saturated carbocycles. The minimum Gasteiger partial charge on any atom is -0.315 e. The quantitative estimate of drug-likeness (QED) is 0.873. The lowest BCUT2D eigenvalue weighted by atomic mass is 10.3. The summed E-state index contributed by atoms with van der Waals surface area (Å²) in [5.74, 6) is 0. The van der Waals surface area contributed by atoms with Gasteiger partial charge in [0.25, 0.3) is 10.0 Å². The lowest BCUT2D eigenvalue weighted by Gasteiger charge is -2.15. The van der Waals surface area contributed by atoms with E-state index in [0.29, 0.717) is 17.3 Å². The molecule has 2 rings (SSSR count). The van der Waals surface area contributed by atoms with E-state index in [9.17, 15) is 8.42 Å². The molecule has 0 bridgehead atoms. The standard InChI is InChI=1S/C13H19N3O2S3/c1-9-5-13(20-11(9)6-14-3)21(17,18)16(4)7-12-10(2)15-8-19-12/h5,8,14H,6-7H2,1-4H3. The van der Waals surface area contributed by atoms with Gasteiger partial charge in [0, 0.05) is 29.9 Å². The van der Waals surface area contributed by atoms with Crippen LogP contribution in [0.1, 0.15) is 21.0 Å². The molecule has 0 aromatic carbocycles. The number of aromatic nitrogens is 1. The molecule has 0 amide bonds. The van der Waals surface area contributed by atoms with Crippen molar-refractivity contribution < 1.29 is 8.42 Å². The number of nitrogens with zero attached hydrogens (tertiary/aromatic N) is 2. The maximum absolute atomic E-state index is 12.6. The van der Waals surface area contributed by atoms with Gasteiger partial charge in [-0.1, -0.05) is 0 Å². The van der Waals surface area contributed by atoms with Crippen LogP contribution in [0.2, 0.25) is 0 Å². The fourth-order valence-corrected chi connectivity index (χ4v) is 5.73. The second kappa shape index (κ2) is 6.53. The topological polar surface area (TPSA) is 62.3 Å². The number of hydrogen-bond donors (Lipinski definition) is 1. The van der Waals surface area contributed by atoms with E-state index in [1.807, 2.05) is 20.9 Å². The van der Waals surface area contributed by atoms with Crippen LogP contribution in [-0.2, 0) is 23.1 Å². The van der Waals surface area contributed by atoms with Crippen LogP contribution < -0.4 is 5.32 Å². The summed E-state index contributed by atoms with van der Waals surface area (Å²) >= 11 is 2.81. The van der Waals surface area contributed by atoms with E-state index >= 15 is 0 Å². The summed E-state index contributed by atoms with van der Waals surface area (Å²) in [4.78, 5) is 6.19. The molecule has 0 radical (unpaired) electrons. The Kier molecular flexibility index (Phi) is 5.15. The van der Waals surface area contributed by atoms with Crippen molar-refractivity contribution >= 4 is 32.7 Å². The zero-order valence-electron chi connectivity index (χ0n) is 12.5. The van der Waals surface area contributed by atoms with Gasteiger partial charge >= 0.3 is 0 Å². The second-order valence-electron chi connectivity index (χ2n) is 4.82. The molecule has 0 aliphatic heterocycles. The first-order chi connectivity index (χ1) is 9.86. The molecular weight excluding hydrogens is 326 g/mol. The SMILES string of the molecule is CNCc1sc(S(=O)(=O)N(C)Cc2scnc2C)cc1C. The van der Waals surface area contributed by atoms with Crippen molar-refractivity contribution in [2.24, 2.45) is 0 Å². The third-order valence-electron chi connectivity index (χ3n) is 3.21. The molecule has 0 spiro atoms. The third-order valence-corrected chi connectivity index (χ3v) is 7.62. The van der Waals surface area contributed by atoms with Crippen molar-refractivity contribution in [3.63, 3.8) is 0 Å². The van der Waals surface area contributed by atoms with Crippen molar-refractivity contribution in [2.45, 2.75) is 31.1 Å². The Morgan fingerprint density at radius 2 is 2.05 bits per heavy atom. The zero-order chi connectivity index (χ0) is 15.6. The highest BCUT2D eigenvalue weighted by Crippen LogP contribution is 2.29. The van der Waals surface area contributed by atoms with Gasteiger partial charge in [-0.05, 0) is 32.5 Å². The molecule has 116 valence electrons. The van der Waals surface area contributed by atoms with Gasteiger partial charge in [0.05, 0.1) is 11.2 Å². The maximum Gasteiger partial charge on any atom is 0.252 e. The summed E-state index contributed by atoms with van der Waals surface area (Å²) in [7, 11) is 0.0167. The number of thiophene rings is 1. The van der Waals surface area contributed by atoms with Crippen molar-refractivity contribution in [1.82, 2.24) is 14.6 Å². The summed E-state index contributed by atoms with van der Waals surface area (Å²) < 4.78 is 27.1. The average molecular weight is 346 g/mol. The molecule has 21 heavy (non-hydrogen) atoms. The number of thiazole rings is 1. The fraction of sp³-hybridized carbons (Fsp3) is 0.462. The highest BCUT2D eigenvalue weighted by Gasteiger charge is 2.25. The van der Waals surface area contributed by atoms with Gasteiger partial charge in [-0.15, -0.1) is 22.7 Å². The van der Waals surface area contributed by atoms with Crippen LogP contribution >= 0.6 is 22.7 Å². The van der Waals surface area contributed by atoms with Gasteiger partial charge in [-0.2, -0.15) is 4.31 Å². The molecule has 8 heteroatoms. The van der Waals surface area contributed by atoms with E-state index in [4.69, 9.17) is 0 Å². The van der Waals surface area contributed by atoms with Crippen LogP contribution in [0.5, 0.6) is 0 Å². The fourth-order valence-electron chi connectivity index (χ4n) is 1.87. The Morgan fingerprint density at radius 3 is 2.62 bits per heavy atom. The monoisotopic (exact) mass is 345 g/mol. The van der Waals surface area contributed by atoms with Crippen molar-refractivity contribution in [3.8, 4) is 0 Å². The Labute approximate surface area is 133 Å². The Morgan fingerprint density at radius 1 is 1.33 bits per heavy atom. The Balaban J connectivity index is 2.24. The number of sulfonamides is 1. The van der Waals surface area contributed by atoms with Crippen LogP contribution in [0.3, 0.4) is 0 Å².